The number of carbonyl (C=O) groups is 2. The lowest BCUT2D eigenvalue weighted by Crippen LogP contribution is -2.66. The highest BCUT2D eigenvalue weighted by Crippen LogP contribution is 2.59. The predicted octanol–water partition coefficient (Wildman–Crippen LogP) is 5.84. The van der Waals surface area contributed by atoms with Gasteiger partial charge in [0.25, 0.3) is 0 Å². The molecule has 1 aromatic rings. The van der Waals surface area contributed by atoms with Gasteiger partial charge in [0.2, 0.25) is 0 Å². The number of alkyl carbamates (subject to hydrolysis) is 1. The Kier molecular flexibility index (Phi) is 7.39. The first-order chi connectivity index (χ1) is 15.5. The fourth-order valence-electron chi connectivity index (χ4n) is 6.45. The van der Waals surface area contributed by atoms with Crippen LogP contribution in [0, 0.1) is 11.8 Å². The Morgan fingerprint density at radius 2 is 1.72 bits per heavy atom. The molecule has 4 aliphatic carbocycles. The van der Waals surface area contributed by atoms with E-state index >= 15 is 0 Å². The number of nitrogens with one attached hydrogen (secondary N) is 1. The SMILES string of the molecule is CCCCCCCC(=O)OOC12CC3CC(CC(NC(=O)OCc4ccccc4)(C3)C1)C2. The number of carbonyl (C=O) groups excluding carboxylic acids is 2. The molecule has 2 atom stereocenters. The van der Waals surface area contributed by atoms with Crippen LogP contribution < -0.4 is 5.32 Å². The number of hydrogen-bond acceptors (Lipinski definition) is 5. The van der Waals surface area contributed by atoms with Gasteiger partial charge in [-0.05, 0) is 55.9 Å². The van der Waals surface area contributed by atoms with E-state index in [0.29, 0.717) is 24.7 Å². The second kappa shape index (κ2) is 10.2. The Bertz CT molecular complexity index is 766. The Hall–Kier alpha value is -2.08. The van der Waals surface area contributed by atoms with Crippen molar-refractivity contribution in [2.24, 2.45) is 11.8 Å². The highest BCUT2D eigenvalue weighted by atomic mass is 17.2. The van der Waals surface area contributed by atoms with Crippen molar-refractivity contribution < 1.29 is 24.1 Å². The van der Waals surface area contributed by atoms with Crippen LogP contribution in [0.4, 0.5) is 4.79 Å². The minimum absolute atomic E-state index is 0.257. The number of rotatable bonds is 11. The van der Waals surface area contributed by atoms with Crippen LogP contribution in [0.2, 0.25) is 0 Å². The molecule has 4 bridgehead atoms. The van der Waals surface area contributed by atoms with Crippen molar-refractivity contribution in [2.75, 3.05) is 0 Å². The molecule has 5 rings (SSSR count). The van der Waals surface area contributed by atoms with Crippen LogP contribution in [0.5, 0.6) is 0 Å². The summed E-state index contributed by atoms with van der Waals surface area (Å²) in [5, 5.41) is 3.18. The molecule has 1 amide bonds. The molecule has 4 saturated carbocycles. The standard InChI is InChI=1S/C26H37NO5/c1-2-3-4-5-9-12-23(28)31-32-26-16-21-13-22(17-26)15-25(14-21,19-26)27-24(29)30-18-20-10-7-6-8-11-20/h6-8,10-11,21-22H,2-5,9,12-19H2,1H3,(H,27,29). The maximum Gasteiger partial charge on any atom is 0.407 e. The van der Waals surface area contributed by atoms with Crippen LogP contribution in [0.1, 0.15) is 89.5 Å². The van der Waals surface area contributed by atoms with Gasteiger partial charge in [0.1, 0.15) is 12.2 Å². The van der Waals surface area contributed by atoms with Crippen LogP contribution >= 0.6 is 0 Å². The topological polar surface area (TPSA) is 73.9 Å². The molecule has 4 aliphatic rings. The van der Waals surface area contributed by atoms with Crippen molar-refractivity contribution in [2.45, 2.75) is 102 Å². The summed E-state index contributed by atoms with van der Waals surface area (Å²) >= 11 is 0. The smallest absolute Gasteiger partial charge is 0.407 e. The molecule has 32 heavy (non-hydrogen) atoms. The molecular weight excluding hydrogens is 406 g/mol. The lowest BCUT2D eigenvalue weighted by Gasteiger charge is -2.60. The number of amides is 1. The molecule has 0 heterocycles. The van der Waals surface area contributed by atoms with E-state index in [1.165, 1.54) is 19.3 Å². The summed E-state index contributed by atoms with van der Waals surface area (Å²) in [6.45, 7) is 2.44. The summed E-state index contributed by atoms with van der Waals surface area (Å²) in [5.74, 6) is 0.693. The van der Waals surface area contributed by atoms with Gasteiger partial charge in [-0.25, -0.2) is 9.59 Å². The van der Waals surface area contributed by atoms with Crippen molar-refractivity contribution in [3.8, 4) is 0 Å². The maximum absolute atomic E-state index is 12.6. The zero-order chi connectivity index (χ0) is 22.4. The van der Waals surface area contributed by atoms with Crippen molar-refractivity contribution in [3.05, 3.63) is 35.9 Å². The lowest BCUT2D eigenvalue weighted by atomic mass is 9.51. The molecule has 0 spiro atoms. The fraction of sp³-hybridized carbons (Fsp3) is 0.692. The molecule has 1 aromatic carbocycles. The molecule has 6 nitrogen and oxygen atoms in total. The first-order valence-electron chi connectivity index (χ1n) is 12.4. The third-order valence-electron chi connectivity index (χ3n) is 7.38. The van der Waals surface area contributed by atoms with E-state index in [-0.39, 0.29) is 24.2 Å². The summed E-state index contributed by atoms with van der Waals surface area (Å²) in [4.78, 5) is 36.0. The summed E-state index contributed by atoms with van der Waals surface area (Å²) in [5.41, 5.74) is 0.161. The predicted molar refractivity (Wildman–Crippen MR) is 120 cm³/mol. The van der Waals surface area contributed by atoms with E-state index in [1.54, 1.807) is 0 Å². The highest BCUT2D eigenvalue weighted by Gasteiger charge is 2.60. The van der Waals surface area contributed by atoms with Gasteiger partial charge in [0.05, 0.1) is 0 Å². The van der Waals surface area contributed by atoms with Crippen LogP contribution in [-0.4, -0.2) is 23.2 Å². The maximum atomic E-state index is 12.6. The Balaban J connectivity index is 1.28. The van der Waals surface area contributed by atoms with Gasteiger partial charge in [-0.15, -0.1) is 0 Å². The largest absolute Gasteiger partial charge is 0.445 e. The zero-order valence-electron chi connectivity index (χ0n) is 19.3. The lowest BCUT2D eigenvalue weighted by molar-refractivity contribution is -0.363. The average Bonchev–Trinajstić information content (AvgIpc) is 2.76. The summed E-state index contributed by atoms with van der Waals surface area (Å²) < 4.78 is 5.49. The third kappa shape index (κ3) is 5.83. The second-order valence-electron chi connectivity index (χ2n) is 10.3. The number of ether oxygens (including phenoxy) is 1. The summed E-state index contributed by atoms with van der Waals surface area (Å²) in [6.07, 6.45) is 11.0. The normalized spacial score (nSPS) is 30.2. The van der Waals surface area contributed by atoms with Gasteiger partial charge in [-0.1, -0.05) is 62.9 Å². The van der Waals surface area contributed by atoms with E-state index in [1.807, 2.05) is 30.3 Å². The quantitative estimate of drug-likeness (QED) is 0.264. The van der Waals surface area contributed by atoms with Crippen molar-refractivity contribution in [1.82, 2.24) is 5.32 Å². The number of benzene rings is 1. The molecule has 6 heteroatoms. The first kappa shape index (κ1) is 23.1. The molecule has 1 N–H and O–H groups in total. The van der Waals surface area contributed by atoms with Gasteiger partial charge in [-0.2, -0.15) is 4.89 Å². The Morgan fingerprint density at radius 3 is 2.44 bits per heavy atom. The van der Waals surface area contributed by atoms with E-state index in [0.717, 1.165) is 50.5 Å². The first-order valence-corrected chi connectivity index (χ1v) is 12.4. The minimum atomic E-state index is -0.478. The van der Waals surface area contributed by atoms with Gasteiger partial charge in [-0.3, -0.25) is 4.89 Å². The number of unbranched alkanes of at least 4 members (excludes halogenated alkanes) is 4. The van der Waals surface area contributed by atoms with Gasteiger partial charge < -0.3 is 10.1 Å². The number of hydrogen-bond donors (Lipinski definition) is 1. The Morgan fingerprint density at radius 1 is 1.00 bits per heavy atom. The molecule has 0 aromatic heterocycles. The van der Waals surface area contributed by atoms with Crippen molar-refractivity contribution in [3.63, 3.8) is 0 Å². The molecular formula is C26H37NO5. The molecule has 2 unspecified atom stereocenters. The zero-order valence-corrected chi connectivity index (χ0v) is 19.3. The van der Waals surface area contributed by atoms with Crippen LogP contribution in [0.3, 0.4) is 0 Å². The van der Waals surface area contributed by atoms with Gasteiger partial charge >= 0.3 is 12.1 Å². The van der Waals surface area contributed by atoms with Crippen LogP contribution in [-0.2, 0) is 25.9 Å². The molecule has 0 radical (unpaired) electrons. The molecule has 0 saturated heterocycles. The second-order valence-corrected chi connectivity index (χ2v) is 10.3. The Labute approximate surface area is 191 Å². The van der Waals surface area contributed by atoms with E-state index in [9.17, 15) is 9.59 Å². The monoisotopic (exact) mass is 443 g/mol. The minimum Gasteiger partial charge on any atom is -0.445 e. The van der Waals surface area contributed by atoms with Crippen molar-refractivity contribution >= 4 is 12.1 Å². The van der Waals surface area contributed by atoms with Crippen LogP contribution in [0.15, 0.2) is 30.3 Å². The molecule has 0 aliphatic heterocycles. The summed E-state index contributed by atoms with van der Waals surface area (Å²) in [7, 11) is 0. The van der Waals surface area contributed by atoms with Gasteiger partial charge in [0.15, 0.2) is 0 Å². The fourth-order valence-corrected chi connectivity index (χ4v) is 6.45. The third-order valence-corrected chi connectivity index (χ3v) is 7.38. The van der Waals surface area contributed by atoms with E-state index in [2.05, 4.69) is 12.2 Å². The molecule has 176 valence electrons. The molecule has 4 fully saturated rings. The highest BCUT2D eigenvalue weighted by molar-refractivity contribution is 5.69. The van der Waals surface area contributed by atoms with Crippen molar-refractivity contribution in [1.29, 1.82) is 0 Å². The average molecular weight is 444 g/mol. The van der Waals surface area contributed by atoms with E-state index < -0.39 is 5.60 Å². The van der Waals surface area contributed by atoms with Gasteiger partial charge in [0, 0.05) is 18.4 Å². The van der Waals surface area contributed by atoms with Crippen LogP contribution in [0.25, 0.3) is 0 Å². The summed E-state index contributed by atoms with van der Waals surface area (Å²) in [6, 6.07) is 9.70. The van der Waals surface area contributed by atoms with E-state index in [4.69, 9.17) is 14.5 Å².